The number of amides is 4. The molecular weight excluding hydrogens is 767 g/mol. The summed E-state index contributed by atoms with van der Waals surface area (Å²) >= 11 is 0. The molecule has 2 aliphatic carbocycles. The van der Waals surface area contributed by atoms with Crippen LogP contribution in [0.1, 0.15) is 137 Å². The third-order valence-electron chi connectivity index (χ3n) is 14.7. The van der Waals surface area contributed by atoms with Gasteiger partial charge < -0.3 is 4.98 Å². The first-order valence-corrected chi connectivity index (χ1v) is 21.8. The van der Waals surface area contributed by atoms with Crippen LogP contribution in [0.25, 0.3) is 10.9 Å². The first kappa shape index (κ1) is 39.0. The highest BCUT2D eigenvalue weighted by Crippen LogP contribution is 2.44. The molecule has 2 N–H and O–H groups in total. The summed E-state index contributed by atoms with van der Waals surface area (Å²) < 4.78 is 27.8. The van der Waals surface area contributed by atoms with Crippen LogP contribution in [0.2, 0.25) is 0 Å². The average Bonchev–Trinajstić information content (AvgIpc) is 3.91. The van der Waals surface area contributed by atoms with E-state index in [2.05, 4.69) is 33.4 Å². The molecule has 11 nitrogen and oxygen atoms in total. The molecular formula is C47H50F2N6O5. The summed E-state index contributed by atoms with van der Waals surface area (Å²) in [6.45, 7) is 3.06. The summed E-state index contributed by atoms with van der Waals surface area (Å²) in [5.41, 5.74) is 7.76. The van der Waals surface area contributed by atoms with Crippen molar-refractivity contribution in [3.8, 4) is 0 Å². The smallest absolute Gasteiger partial charge is 0.262 e. The molecule has 3 fully saturated rings. The molecule has 2 aromatic carbocycles. The van der Waals surface area contributed by atoms with Crippen molar-refractivity contribution in [1.82, 2.24) is 30.0 Å². The molecule has 4 aromatic rings. The molecule has 60 heavy (non-hydrogen) atoms. The number of imide groups is 2. The molecule has 13 heteroatoms. The van der Waals surface area contributed by atoms with E-state index in [0.717, 1.165) is 95.2 Å². The maximum absolute atomic E-state index is 13.9. The summed E-state index contributed by atoms with van der Waals surface area (Å²) in [5, 5.41) is 3.39. The van der Waals surface area contributed by atoms with Gasteiger partial charge in [-0.25, -0.2) is 8.78 Å². The van der Waals surface area contributed by atoms with Crippen LogP contribution < -0.4 is 5.32 Å². The number of pyridine rings is 1. The number of nitrogens with one attached hydrogen (secondary N) is 2. The molecule has 6 heterocycles. The van der Waals surface area contributed by atoms with Crippen molar-refractivity contribution in [1.29, 1.82) is 0 Å². The number of ketones is 1. The minimum atomic E-state index is -2.45. The van der Waals surface area contributed by atoms with Gasteiger partial charge in [0, 0.05) is 77.8 Å². The molecule has 6 aliphatic rings. The van der Waals surface area contributed by atoms with Gasteiger partial charge in [0.2, 0.25) is 11.8 Å². The van der Waals surface area contributed by atoms with Crippen LogP contribution in [0.3, 0.4) is 0 Å². The Bertz CT molecular complexity index is 2350. The summed E-state index contributed by atoms with van der Waals surface area (Å²) in [5.74, 6) is -1.20. The second kappa shape index (κ2) is 15.4. The quantitative estimate of drug-likeness (QED) is 0.182. The fourth-order valence-corrected chi connectivity index (χ4v) is 11.5. The van der Waals surface area contributed by atoms with Crippen LogP contribution in [0.5, 0.6) is 0 Å². The third kappa shape index (κ3) is 6.77. The lowest BCUT2D eigenvalue weighted by Crippen LogP contribution is -2.54. The van der Waals surface area contributed by atoms with Gasteiger partial charge in [0.05, 0.1) is 23.7 Å². The van der Waals surface area contributed by atoms with Gasteiger partial charge in [0.1, 0.15) is 11.8 Å². The zero-order chi connectivity index (χ0) is 41.4. The normalized spacial score (nSPS) is 28.6. The maximum atomic E-state index is 13.9. The predicted molar refractivity (Wildman–Crippen MR) is 218 cm³/mol. The molecule has 0 spiro atoms. The van der Waals surface area contributed by atoms with Crippen LogP contribution in [-0.4, -0.2) is 85.2 Å². The Labute approximate surface area is 347 Å². The average molecular weight is 817 g/mol. The van der Waals surface area contributed by atoms with E-state index in [1.807, 2.05) is 48.4 Å². The predicted octanol–water partition coefficient (Wildman–Crippen LogP) is 6.98. The minimum Gasteiger partial charge on any atom is -0.357 e. The van der Waals surface area contributed by atoms with Crippen LogP contribution in [0.15, 0.2) is 54.7 Å². The van der Waals surface area contributed by atoms with Crippen LogP contribution in [0.4, 0.5) is 8.78 Å². The Kier molecular flexibility index (Phi) is 10.0. The minimum absolute atomic E-state index is 0.0547. The van der Waals surface area contributed by atoms with Gasteiger partial charge in [-0.3, -0.25) is 49.0 Å². The fourth-order valence-electron chi connectivity index (χ4n) is 11.5. The number of hydrogen-bond acceptors (Lipinski definition) is 8. The molecule has 1 saturated heterocycles. The fraction of sp³-hybridized carbons (Fsp3) is 0.489. The highest BCUT2D eigenvalue weighted by molar-refractivity contribution is 6.23. The van der Waals surface area contributed by atoms with Gasteiger partial charge >= 0.3 is 0 Å². The number of fused-ring (bicyclic) bond motifs is 5. The van der Waals surface area contributed by atoms with Crippen molar-refractivity contribution < 1.29 is 32.8 Å². The van der Waals surface area contributed by atoms with E-state index in [1.165, 1.54) is 5.56 Å². The van der Waals surface area contributed by atoms with Crippen molar-refractivity contribution in [3.63, 3.8) is 0 Å². The number of hydrogen-bond donors (Lipinski definition) is 2. The number of H-pyrrole nitrogens is 1. The molecule has 4 amide bonds. The van der Waals surface area contributed by atoms with Crippen molar-refractivity contribution in [2.45, 2.75) is 127 Å². The number of carbonyl (C=O) groups is 5. The molecule has 4 aliphatic heterocycles. The highest BCUT2D eigenvalue weighted by atomic mass is 19.3. The maximum Gasteiger partial charge on any atom is 0.262 e. The Morgan fingerprint density at radius 1 is 0.850 bits per heavy atom. The van der Waals surface area contributed by atoms with Gasteiger partial charge in [-0.15, -0.1) is 0 Å². The molecule has 0 radical (unpaired) electrons. The summed E-state index contributed by atoms with van der Waals surface area (Å²) in [6, 6.07) is 14.9. The number of nitrogens with zero attached hydrogens (tertiary/aromatic N) is 4. The zero-order valence-corrected chi connectivity index (χ0v) is 33.8. The molecule has 312 valence electrons. The van der Waals surface area contributed by atoms with Crippen molar-refractivity contribution >= 4 is 40.3 Å². The lowest BCUT2D eigenvalue weighted by Gasteiger charge is -2.40. The van der Waals surface area contributed by atoms with Crippen LogP contribution in [-0.2, 0) is 33.9 Å². The lowest BCUT2D eigenvalue weighted by atomic mass is 9.72. The molecule has 10 rings (SSSR count). The van der Waals surface area contributed by atoms with Crippen molar-refractivity contribution in [2.75, 3.05) is 6.54 Å². The summed E-state index contributed by atoms with van der Waals surface area (Å²) in [4.78, 5) is 78.6. The largest absolute Gasteiger partial charge is 0.357 e. The first-order valence-electron chi connectivity index (χ1n) is 21.8. The number of aromatic nitrogens is 2. The van der Waals surface area contributed by atoms with Crippen molar-refractivity contribution in [3.05, 3.63) is 99.5 Å². The Hall–Kier alpha value is -5.14. The number of para-hydroxylation sites is 1. The number of carbonyl (C=O) groups excluding carboxylic acids is 5. The zero-order valence-electron chi connectivity index (χ0n) is 33.8. The number of piperidine rings is 1. The SMILES string of the molecule is C[C@@H]1Cc2c([nH]c3ccccc23)[C@@H](c2ccc(C3CCC(C(=O)C4CCC(N5Cc6cc7c(cc6C5)C(=O)N(C5CCC(=O)NC5=O)C7=O)CC4)CC3)nc2)N1CC(F)F. The Morgan fingerprint density at radius 2 is 1.52 bits per heavy atom. The number of rotatable bonds is 8. The van der Waals surface area contributed by atoms with E-state index < -0.39 is 36.1 Å². The van der Waals surface area contributed by atoms with E-state index >= 15 is 0 Å². The Morgan fingerprint density at radius 3 is 2.15 bits per heavy atom. The van der Waals surface area contributed by atoms with Gasteiger partial charge in [0.15, 0.2) is 0 Å². The van der Waals surface area contributed by atoms with Gasteiger partial charge in [-0.1, -0.05) is 24.3 Å². The number of aromatic amines is 1. The van der Waals surface area contributed by atoms with E-state index in [4.69, 9.17) is 4.98 Å². The standard InChI is InChI=1S/C47H50F2N6O5/c1-25-18-34-33-4-2-3-5-38(33)51-42(34)43(54(25)24-40(48)49)29-12-15-37(50-21-29)26-6-8-27(9-7-26)44(57)28-10-13-32(14-11-28)53-22-30-19-35-36(20-31(30)23-53)47(60)55(46(35)59)39-16-17-41(56)52-45(39)58/h2-5,12,15,19-21,25-28,32,39-40,43,51H,6-11,13-14,16-18,22-24H2,1H3,(H,52,56,58)/t25-,26?,27?,28?,32?,39?,43-/m1/s1. The van der Waals surface area contributed by atoms with E-state index in [9.17, 15) is 32.8 Å². The molecule has 1 unspecified atom stereocenters. The Balaban J connectivity index is 0.735. The number of Topliss-reactive ketones (excluding diaryl/α,β-unsaturated/α-hetero) is 1. The summed E-state index contributed by atoms with van der Waals surface area (Å²) in [7, 11) is 0. The van der Waals surface area contributed by atoms with Gasteiger partial charge in [-0.05, 0) is 118 Å². The van der Waals surface area contributed by atoms with E-state index in [-0.39, 0.29) is 49.2 Å². The number of halogens is 2. The molecule has 0 bridgehead atoms. The number of alkyl halides is 2. The van der Waals surface area contributed by atoms with Gasteiger partial charge in [-0.2, -0.15) is 0 Å². The van der Waals surface area contributed by atoms with Gasteiger partial charge in [0.25, 0.3) is 18.2 Å². The highest BCUT2D eigenvalue weighted by Gasteiger charge is 2.46. The third-order valence-corrected chi connectivity index (χ3v) is 14.7. The monoisotopic (exact) mass is 816 g/mol. The molecule has 3 atom stereocenters. The van der Waals surface area contributed by atoms with E-state index in [0.29, 0.717) is 42.5 Å². The molecule has 2 aromatic heterocycles. The topological polar surface area (TPSA) is 136 Å². The second-order valence-electron chi connectivity index (χ2n) is 18.1. The first-order chi connectivity index (χ1) is 29.0. The second-order valence-corrected chi connectivity index (χ2v) is 18.1. The summed E-state index contributed by atoms with van der Waals surface area (Å²) in [6.07, 6.45) is 7.39. The number of benzene rings is 2. The lowest BCUT2D eigenvalue weighted by molar-refractivity contribution is -0.136. The van der Waals surface area contributed by atoms with E-state index in [1.54, 1.807) is 0 Å². The molecule has 2 saturated carbocycles. The van der Waals surface area contributed by atoms with Crippen LogP contribution >= 0.6 is 0 Å². The van der Waals surface area contributed by atoms with Crippen molar-refractivity contribution in [2.24, 2.45) is 11.8 Å². The van der Waals surface area contributed by atoms with Crippen LogP contribution in [0, 0.1) is 11.8 Å².